The van der Waals surface area contributed by atoms with Crippen LogP contribution in [0.2, 0.25) is 0 Å². The van der Waals surface area contributed by atoms with Crippen molar-refractivity contribution >= 4 is 29.3 Å². The minimum atomic E-state index is -2.34. The van der Waals surface area contributed by atoms with Crippen molar-refractivity contribution in [2.75, 3.05) is 24.7 Å². The Labute approximate surface area is 171 Å². The first-order valence-electron chi connectivity index (χ1n) is 9.07. The molecule has 2 amide bonds. The number of carbonyl (C=O) groups is 2. The highest BCUT2D eigenvalue weighted by Crippen LogP contribution is 2.37. The first kappa shape index (κ1) is 21.8. The minimum Gasteiger partial charge on any atom is -0.398 e. The molecule has 10 nitrogen and oxygen atoms in total. The molecule has 5 atom stereocenters. The van der Waals surface area contributed by atoms with E-state index in [9.17, 15) is 30.0 Å². The lowest BCUT2D eigenvalue weighted by Crippen LogP contribution is -2.83. The van der Waals surface area contributed by atoms with Gasteiger partial charge in [-0.1, -0.05) is 12.1 Å². The SMILES string of the molecule is C[C@](O)(CO)[C@H](O)[C@@]12NC(=O)[C@@](O)(NC1=O)C(CSc1ccccc1N)CCO2. The maximum absolute atomic E-state index is 12.8. The van der Waals surface area contributed by atoms with E-state index in [2.05, 4.69) is 10.6 Å². The molecule has 3 heterocycles. The molecule has 8 N–H and O–H groups in total. The van der Waals surface area contributed by atoms with Gasteiger partial charge in [-0.25, -0.2) is 0 Å². The molecule has 3 saturated heterocycles. The highest BCUT2D eigenvalue weighted by Gasteiger charge is 2.64. The van der Waals surface area contributed by atoms with Gasteiger partial charge in [0.2, 0.25) is 5.72 Å². The van der Waals surface area contributed by atoms with Crippen LogP contribution in [0.3, 0.4) is 0 Å². The number of benzene rings is 1. The third-order valence-corrected chi connectivity index (χ3v) is 6.58. The number of hydrogen-bond donors (Lipinski definition) is 7. The zero-order valence-electron chi connectivity index (χ0n) is 15.8. The van der Waals surface area contributed by atoms with E-state index >= 15 is 0 Å². The van der Waals surface area contributed by atoms with Crippen LogP contribution >= 0.6 is 11.8 Å². The van der Waals surface area contributed by atoms with Crippen molar-refractivity contribution in [2.45, 2.75) is 41.4 Å². The van der Waals surface area contributed by atoms with Gasteiger partial charge in [0.05, 0.1) is 13.2 Å². The van der Waals surface area contributed by atoms with E-state index in [4.69, 9.17) is 10.5 Å². The summed E-state index contributed by atoms with van der Waals surface area (Å²) in [7, 11) is 0. The smallest absolute Gasteiger partial charge is 0.278 e. The van der Waals surface area contributed by atoms with Gasteiger partial charge in [0, 0.05) is 22.3 Å². The monoisotopic (exact) mass is 427 g/mol. The average Bonchev–Trinajstić information content (AvgIpc) is 2.67. The lowest BCUT2D eigenvalue weighted by Gasteiger charge is -2.51. The quantitative estimate of drug-likeness (QED) is 0.203. The number of amides is 2. The van der Waals surface area contributed by atoms with Crippen molar-refractivity contribution in [2.24, 2.45) is 5.92 Å². The van der Waals surface area contributed by atoms with Crippen LogP contribution in [-0.4, -0.2) is 74.4 Å². The molecule has 29 heavy (non-hydrogen) atoms. The molecule has 0 radical (unpaired) electrons. The summed E-state index contributed by atoms with van der Waals surface area (Å²) in [5.41, 5.74) is -0.228. The predicted molar refractivity (Wildman–Crippen MR) is 103 cm³/mol. The van der Waals surface area contributed by atoms with Crippen LogP contribution < -0.4 is 16.4 Å². The zero-order valence-corrected chi connectivity index (χ0v) is 16.6. The Balaban J connectivity index is 1.85. The van der Waals surface area contributed by atoms with E-state index in [0.717, 1.165) is 11.8 Å². The van der Waals surface area contributed by atoms with E-state index in [0.29, 0.717) is 5.69 Å². The standard InChI is InChI=1S/C18H25N3O7S/c1-16(26,9-22)13(23)18-15(25)20-17(27,14(24)21-18)10(6-7-28-18)8-29-12-5-3-2-4-11(12)19/h2-5,10,13,22-23,26-27H,6-9,19H2,1H3,(H,20,25)(H,21,24)/t10?,13-,16-,17+,18-/m0/s1. The van der Waals surface area contributed by atoms with Gasteiger partial charge < -0.3 is 41.5 Å². The van der Waals surface area contributed by atoms with E-state index in [1.807, 2.05) is 6.07 Å². The Morgan fingerprint density at radius 2 is 2.03 bits per heavy atom. The number of carbonyl (C=O) groups excluding carboxylic acids is 2. The first-order valence-corrected chi connectivity index (χ1v) is 10.1. The summed E-state index contributed by atoms with van der Waals surface area (Å²) in [6.45, 7) is 0.118. The molecular weight excluding hydrogens is 402 g/mol. The van der Waals surface area contributed by atoms with E-state index < -0.39 is 47.5 Å². The second-order valence-corrected chi connectivity index (χ2v) is 8.57. The molecule has 0 aliphatic carbocycles. The number of piperazine rings is 1. The van der Waals surface area contributed by atoms with E-state index in [-0.39, 0.29) is 18.8 Å². The van der Waals surface area contributed by atoms with Crippen LogP contribution in [0.5, 0.6) is 0 Å². The van der Waals surface area contributed by atoms with E-state index in [1.165, 1.54) is 11.8 Å². The van der Waals surface area contributed by atoms with Gasteiger partial charge in [-0.15, -0.1) is 11.8 Å². The third-order valence-electron chi connectivity index (χ3n) is 5.33. The van der Waals surface area contributed by atoms with Crippen molar-refractivity contribution in [3.05, 3.63) is 24.3 Å². The molecule has 0 spiro atoms. The maximum atomic E-state index is 12.8. The Bertz CT molecular complexity index is 807. The first-order chi connectivity index (χ1) is 13.6. The molecule has 0 saturated carbocycles. The summed E-state index contributed by atoms with van der Waals surface area (Å²) in [5.74, 6) is -2.46. The number of anilines is 1. The maximum Gasteiger partial charge on any atom is 0.278 e. The summed E-state index contributed by atoms with van der Waals surface area (Å²) in [6, 6.07) is 7.14. The lowest BCUT2D eigenvalue weighted by atomic mass is 9.83. The number of thioether (sulfide) groups is 1. The molecule has 3 fully saturated rings. The molecule has 0 aromatic heterocycles. The number of rotatable bonds is 6. The van der Waals surface area contributed by atoms with Gasteiger partial charge in [-0.3, -0.25) is 9.59 Å². The third kappa shape index (κ3) is 3.69. The highest BCUT2D eigenvalue weighted by atomic mass is 32.2. The molecule has 1 aromatic carbocycles. The van der Waals surface area contributed by atoms with Crippen LogP contribution in [0.4, 0.5) is 5.69 Å². The molecular formula is C18H25N3O7S. The summed E-state index contributed by atoms with van der Waals surface area (Å²) < 4.78 is 5.53. The summed E-state index contributed by atoms with van der Waals surface area (Å²) in [6.07, 6.45) is -1.80. The van der Waals surface area contributed by atoms with Gasteiger partial charge >= 0.3 is 0 Å². The lowest BCUT2D eigenvalue weighted by molar-refractivity contribution is -0.240. The van der Waals surface area contributed by atoms with Crippen molar-refractivity contribution in [3.63, 3.8) is 0 Å². The van der Waals surface area contributed by atoms with Crippen LogP contribution in [0.15, 0.2) is 29.2 Å². The van der Waals surface area contributed by atoms with Gasteiger partial charge in [-0.05, 0) is 25.5 Å². The van der Waals surface area contributed by atoms with Crippen LogP contribution in [0.1, 0.15) is 13.3 Å². The minimum absolute atomic E-state index is 0.0932. The molecule has 4 rings (SSSR count). The Kier molecular flexibility index (Phi) is 5.82. The number of fused-ring (bicyclic) bond motifs is 5. The fraction of sp³-hybridized carbons (Fsp3) is 0.556. The number of ether oxygens (including phenoxy) is 1. The molecule has 2 bridgehead atoms. The van der Waals surface area contributed by atoms with Gasteiger partial charge in [0.25, 0.3) is 17.5 Å². The van der Waals surface area contributed by atoms with Crippen molar-refractivity contribution in [1.29, 1.82) is 0 Å². The Morgan fingerprint density at radius 1 is 1.34 bits per heavy atom. The molecule has 3 aliphatic rings. The number of aliphatic hydroxyl groups excluding tert-OH is 2. The molecule has 11 heteroatoms. The number of para-hydroxylation sites is 1. The molecule has 160 valence electrons. The number of hydrogen-bond acceptors (Lipinski definition) is 9. The van der Waals surface area contributed by atoms with E-state index in [1.54, 1.807) is 18.2 Å². The van der Waals surface area contributed by atoms with Gasteiger partial charge in [0.1, 0.15) is 11.7 Å². The van der Waals surface area contributed by atoms with Crippen LogP contribution in [0, 0.1) is 5.92 Å². The average molecular weight is 427 g/mol. The fourth-order valence-electron chi connectivity index (χ4n) is 3.41. The summed E-state index contributed by atoms with van der Waals surface area (Å²) in [5, 5.41) is 45.5. The topological polar surface area (TPSA) is 174 Å². The van der Waals surface area contributed by atoms with Crippen molar-refractivity contribution in [1.82, 2.24) is 10.6 Å². The summed E-state index contributed by atoms with van der Waals surface area (Å²) >= 11 is 1.33. The number of nitrogen functional groups attached to an aromatic ring is 1. The number of aliphatic hydroxyl groups is 4. The number of nitrogens with two attached hydrogens (primary N) is 1. The molecule has 1 aromatic rings. The van der Waals surface area contributed by atoms with Gasteiger partial charge in [-0.2, -0.15) is 0 Å². The second kappa shape index (κ2) is 7.74. The second-order valence-electron chi connectivity index (χ2n) is 7.51. The normalized spacial score (nSPS) is 32.5. The zero-order chi connectivity index (χ0) is 21.4. The Hall–Kier alpha value is -1.89. The van der Waals surface area contributed by atoms with Crippen molar-refractivity contribution in [3.8, 4) is 0 Å². The van der Waals surface area contributed by atoms with Crippen molar-refractivity contribution < 1.29 is 34.8 Å². The Morgan fingerprint density at radius 3 is 2.69 bits per heavy atom. The van der Waals surface area contributed by atoms with Crippen LogP contribution in [-0.2, 0) is 14.3 Å². The highest BCUT2D eigenvalue weighted by molar-refractivity contribution is 7.99. The largest absolute Gasteiger partial charge is 0.398 e. The molecule has 1 unspecified atom stereocenters. The number of nitrogens with one attached hydrogen (secondary N) is 2. The summed E-state index contributed by atoms with van der Waals surface area (Å²) in [4.78, 5) is 26.3. The predicted octanol–water partition coefficient (Wildman–Crippen LogP) is -1.87. The fourth-order valence-corrected chi connectivity index (χ4v) is 4.60. The van der Waals surface area contributed by atoms with Crippen LogP contribution in [0.25, 0.3) is 0 Å². The van der Waals surface area contributed by atoms with Gasteiger partial charge in [0.15, 0.2) is 0 Å². The molecule has 3 aliphatic heterocycles.